The van der Waals surface area contributed by atoms with Crippen LogP contribution in [0.4, 0.5) is 4.79 Å². The maximum absolute atomic E-state index is 12.8. The monoisotopic (exact) mass is 446 g/mol. The van der Waals surface area contributed by atoms with Crippen LogP contribution in [0.2, 0.25) is 0 Å². The topological polar surface area (TPSA) is 105 Å². The quantitative estimate of drug-likeness (QED) is 0.540. The van der Waals surface area contributed by atoms with Crippen LogP contribution in [0.15, 0.2) is 48.5 Å². The van der Waals surface area contributed by atoms with E-state index in [1.807, 2.05) is 48.5 Å². The summed E-state index contributed by atoms with van der Waals surface area (Å²) in [5.41, 5.74) is 2.98. The summed E-state index contributed by atoms with van der Waals surface area (Å²) in [7, 11) is 0. The highest BCUT2D eigenvalue weighted by Crippen LogP contribution is 2.44. The largest absolute Gasteiger partial charge is 0.480 e. The summed E-state index contributed by atoms with van der Waals surface area (Å²) in [4.78, 5) is 37.1. The van der Waals surface area contributed by atoms with E-state index >= 15 is 0 Å². The molecule has 0 radical (unpaired) electrons. The van der Waals surface area contributed by atoms with Crippen molar-refractivity contribution in [3.05, 3.63) is 59.7 Å². The molecule has 0 bridgehead atoms. The second-order valence-electron chi connectivity index (χ2n) is 8.70. The molecule has 2 aromatic carbocycles. The molecular weight excluding hydrogens is 420 g/mol. The second-order valence-corrected chi connectivity index (χ2v) is 8.70. The molecule has 0 aliphatic heterocycles. The van der Waals surface area contributed by atoms with E-state index in [4.69, 9.17) is 11.2 Å². The number of ether oxygens (including phenoxy) is 1. The zero-order chi connectivity index (χ0) is 23.6. The smallest absolute Gasteiger partial charge is 0.407 e. The number of benzene rings is 2. The fraction of sp³-hybridized carbons (Fsp3) is 0.346. The molecule has 4 rings (SSSR count). The van der Waals surface area contributed by atoms with Gasteiger partial charge in [0.1, 0.15) is 18.2 Å². The van der Waals surface area contributed by atoms with Gasteiger partial charge in [-0.15, -0.1) is 12.3 Å². The van der Waals surface area contributed by atoms with Gasteiger partial charge in [-0.25, -0.2) is 9.59 Å². The number of alkyl carbamates (subject to hydrolysis) is 1. The van der Waals surface area contributed by atoms with Crippen molar-refractivity contribution in [2.24, 2.45) is 5.92 Å². The molecule has 2 atom stereocenters. The number of amides is 2. The molecule has 33 heavy (non-hydrogen) atoms. The molecule has 0 aromatic heterocycles. The van der Waals surface area contributed by atoms with Gasteiger partial charge >= 0.3 is 12.1 Å². The van der Waals surface area contributed by atoms with Gasteiger partial charge in [0.2, 0.25) is 5.91 Å². The molecule has 0 heterocycles. The first kappa shape index (κ1) is 22.4. The second kappa shape index (κ2) is 8.99. The first-order valence-electron chi connectivity index (χ1n) is 11.0. The van der Waals surface area contributed by atoms with E-state index in [2.05, 4.69) is 16.6 Å². The predicted octanol–water partition coefficient (Wildman–Crippen LogP) is 3.29. The van der Waals surface area contributed by atoms with Gasteiger partial charge in [0.25, 0.3) is 0 Å². The van der Waals surface area contributed by atoms with E-state index in [-0.39, 0.29) is 24.9 Å². The van der Waals surface area contributed by atoms with Crippen LogP contribution in [0, 0.1) is 18.3 Å². The lowest BCUT2D eigenvalue weighted by Crippen LogP contribution is -2.59. The Balaban J connectivity index is 1.41. The SMILES string of the molecule is C#CCC(NC(=O)OCC1c2ccccc2-c2ccccc21)C(=O)NC(C)(C(=O)O)C1CC1. The number of fused-ring (bicyclic) bond motifs is 3. The van der Waals surface area contributed by atoms with Gasteiger partial charge in [0.05, 0.1) is 0 Å². The third kappa shape index (κ3) is 4.42. The van der Waals surface area contributed by atoms with Crippen molar-refractivity contribution in [2.75, 3.05) is 6.61 Å². The van der Waals surface area contributed by atoms with E-state index in [0.29, 0.717) is 0 Å². The zero-order valence-electron chi connectivity index (χ0n) is 18.3. The van der Waals surface area contributed by atoms with Crippen LogP contribution >= 0.6 is 0 Å². The number of carboxylic acids is 1. The third-order valence-electron chi connectivity index (χ3n) is 6.50. The molecule has 2 unspecified atom stereocenters. The van der Waals surface area contributed by atoms with E-state index in [9.17, 15) is 19.5 Å². The lowest BCUT2D eigenvalue weighted by atomic mass is 9.95. The van der Waals surface area contributed by atoms with Crippen LogP contribution in [-0.4, -0.2) is 41.3 Å². The fourth-order valence-electron chi connectivity index (χ4n) is 4.44. The minimum absolute atomic E-state index is 0.0869. The lowest BCUT2D eigenvalue weighted by molar-refractivity contribution is -0.148. The summed E-state index contributed by atoms with van der Waals surface area (Å²) in [6.07, 6.45) is 5.96. The van der Waals surface area contributed by atoms with Gasteiger partial charge in [-0.2, -0.15) is 0 Å². The molecule has 3 N–H and O–H groups in total. The number of nitrogens with one attached hydrogen (secondary N) is 2. The third-order valence-corrected chi connectivity index (χ3v) is 6.50. The number of hydrogen-bond acceptors (Lipinski definition) is 4. The Morgan fingerprint density at radius 2 is 1.70 bits per heavy atom. The summed E-state index contributed by atoms with van der Waals surface area (Å²) in [6, 6.07) is 14.9. The van der Waals surface area contributed by atoms with Crippen LogP contribution in [0.3, 0.4) is 0 Å². The standard InChI is InChI=1S/C26H26N2O5/c1-3-8-22(23(29)28-26(2,24(30)31)16-13-14-16)27-25(32)33-15-21-19-11-6-4-9-17(19)18-10-5-7-12-20(18)21/h1,4-7,9-12,16,21-22H,8,13-15H2,2H3,(H,27,32)(H,28,29)(H,30,31). The van der Waals surface area contributed by atoms with E-state index in [1.54, 1.807) is 0 Å². The van der Waals surface area contributed by atoms with Crippen molar-refractivity contribution in [3.63, 3.8) is 0 Å². The molecule has 1 fully saturated rings. The van der Waals surface area contributed by atoms with Gasteiger partial charge in [-0.3, -0.25) is 4.79 Å². The molecule has 7 heteroatoms. The summed E-state index contributed by atoms with van der Waals surface area (Å²) in [5, 5.41) is 14.6. The van der Waals surface area contributed by atoms with Crippen LogP contribution < -0.4 is 10.6 Å². The van der Waals surface area contributed by atoms with Gasteiger partial charge in [0, 0.05) is 12.3 Å². The molecule has 2 aromatic rings. The average molecular weight is 447 g/mol. The number of carbonyl (C=O) groups excluding carboxylic acids is 2. The molecule has 1 saturated carbocycles. The van der Waals surface area contributed by atoms with Gasteiger partial charge in [-0.05, 0) is 47.9 Å². The minimum Gasteiger partial charge on any atom is -0.480 e. The van der Waals surface area contributed by atoms with Crippen LogP contribution in [0.1, 0.15) is 43.2 Å². The number of rotatable bonds is 8. The molecule has 2 aliphatic carbocycles. The molecule has 0 spiro atoms. The molecule has 2 aliphatic rings. The van der Waals surface area contributed by atoms with E-state index in [1.165, 1.54) is 6.92 Å². The van der Waals surface area contributed by atoms with Gasteiger partial charge in [-0.1, -0.05) is 48.5 Å². The van der Waals surface area contributed by atoms with Gasteiger partial charge < -0.3 is 20.5 Å². The van der Waals surface area contributed by atoms with Crippen LogP contribution in [-0.2, 0) is 14.3 Å². The van der Waals surface area contributed by atoms with Crippen molar-refractivity contribution >= 4 is 18.0 Å². The Hall–Kier alpha value is -3.79. The fourth-order valence-corrected chi connectivity index (χ4v) is 4.44. The summed E-state index contributed by atoms with van der Waals surface area (Å²) in [6.45, 7) is 1.57. The number of hydrogen-bond donors (Lipinski definition) is 3. The number of carboxylic acid groups (broad SMARTS) is 1. The maximum Gasteiger partial charge on any atom is 0.407 e. The minimum atomic E-state index is -1.40. The molecule has 0 saturated heterocycles. The normalized spacial score (nSPS) is 17.0. The number of carbonyl (C=O) groups is 3. The average Bonchev–Trinajstić information content (AvgIpc) is 3.61. The first-order valence-corrected chi connectivity index (χ1v) is 11.0. The zero-order valence-corrected chi connectivity index (χ0v) is 18.3. The highest BCUT2D eigenvalue weighted by molar-refractivity contribution is 5.91. The molecule has 7 nitrogen and oxygen atoms in total. The van der Waals surface area contributed by atoms with E-state index in [0.717, 1.165) is 35.1 Å². The van der Waals surface area contributed by atoms with Crippen molar-refractivity contribution < 1.29 is 24.2 Å². The Morgan fingerprint density at radius 1 is 1.12 bits per heavy atom. The Kier molecular flexibility index (Phi) is 6.10. The summed E-state index contributed by atoms with van der Waals surface area (Å²) >= 11 is 0. The maximum atomic E-state index is 12.8. The van der Waals surface area contributed by atoms with E-state index < -0.39 is 29.6 Å². The lowest BCUT2D eigenvalue weighted by Gasteiger charge is -2.28. The van der Waals surface area contributed by atoms with Crippen molar-refractivity contribution in [1.82, 2.24) is 10.6 Å². The number of terminal acetylenes is 1. The molecule has 170 valence electrons. The predicted molar refractivity (Wildman–Crippen MR) is 122 cm³/mol. The number of aliphatic carboxylic acids is 1. The van der Waals surface area contributed by atoms with Crippen LogP contribution in [0.25, 0.3) is 11.1 Å². The first-order chi connectivity index (χ1) is 15.8. The molecular formula is C26H26N2O5. The van der Waals surface area contributed by atoms with Crippen molar-refractivity contribution in [1.29, 1.82) is 0 Å². The summed E-state index contributed by atoms with van der Waals surface area (Å²) < 4.78 is 5.49. The van der Waals surface area contributed by atoms with Crippen LogP contribution in [0.5, 0.6) is 0 Å². The highest BCUT2D eigenvalue weighted by atomic mass is 16.5. The summed E-state index contributed by atoms with van der Waals surface area (Å²) in [5.74, 6) is 0.350. The molecule has 2 amide bonds. The van der Waals surface area contributed by atoms with Crippen molar-refractivity contribution in [3.8, 4) is 23.5 Å². The Morgan fingerprint density at radius 3 is 2.21 bits per heavy atom. The Bertz CT molecular complexity index is 1090. The van der Waals surface area contributed by atoms with Gasteiger partial charge in [0.15, 0.2) is 0 Å². The van der Waals surface area contributed by atoms with Crippen molar-refractivity contribution in [2.45, 2.75) is 43.7 Å². The highest BCUT2D eigenvalue weighted by Gasteiger charge is 2.49. The Labute approximate surface area is 192 Å².